The van der Waals surface area contributed by atoms with Crippen LogP contribution in [0.2, 0.25) is 0 Å². The second-order valence-electron chi connectivity index (χ2n) is 6.63. The second-order valence-corrected chi connectivity index (χ2v) is 8.68. The van der Waals surface area contributed by atoms with Crippen LogP contribution < -0.4 is 9.64 Å². The van der Waals surface area contributed by atoms with Gasteiger partial charge in [-0.1, -0.05) is 59.9 Å². The number of anilines is 1. The maximum Gasteiger partial charge on any atom is 0.239 e. The summed E-state index contributed by atoms with van der Waals surface area (Å²) in [6.45, 7) is 3.08. The first kappa shape index (κ1) is 20.4. The van der Waals surface area contributed by atoms with Crippen molar-refractivity contribution in [1.29, 1.82) is 0 Å². The Morgan fingerprint density at radius 3 is 2.50 bits per heavy atom. The molecule has 0 saturated heterocycles. The minimum atomic E-state index is 0.0387. The van der Waals surface area contributed by atoms with E-state index in [4.69, 9.17) is 9.72 Å². The Hall–Kier alpha value is -2.83. The van der Waals surface area contributed by atoms with Gasteiger partial charge in [-0.05, 0) is 42.8 Å². The van der Waals surface area contributed by atoms with Crippen LogP contribution in [0.1, 0.15) is 12.5 Å². The topological polar surface area (TPSA) is 42.4 Å². The molecule has 4 nitrogen and oxygen atoms in total. The lowest BCUT2D eigenvalue weighted by Gasteiger charge is -2.20. The fraction of sp³-hybridized carbons (Fsp3) is 0.167. The van der Waals surface area contributed by atoms with Gasteiger partial charge >= 0.3 is 0 Å². The first-order valence-corrected chi connectivity index (χ1v) is 11.6. The van der Waals surface area contributed by atoms with Crippen LogP contribution in [0.25, 0.3) is 10.2 Å². The Balaban J connectivity index is 1.60. The highest BCUT2D eigenvalue weighted by Crippen LogP contribution is 2.33. The number of aromatic nitrogens is 1. The van der Waals surface area contributed by atoms with Crippen LogP contribution in [-0.4, -0.2) is 23.3 Å². The van der Waals surface area contributed by atoms with Crippen molar-refractivity contribution in [1.82, 2.24) is 4.98 Å². The van der Waals surface area contributed by atoms with Gasteiger partial charge in [0.15, 0.2) is 5.13 Å². The quantitative estimate of drug-likeness (QED) is 0.318. The van der Waals surface area contributed by atoms with Gasteiger partial charge in [0.25, 0.3) is 0 Å². The summed E-state index contributed by atoms with van der Waals surface area (Å²) >= 11 is 3.06. The number of thiazole rings is 1. The number of carbonyl (C=O) groups is 1. The Kier molecular flexibility index (Phi) is 6.67. The number of fused-ring (bicyclic) bond motifs is 1. The van der Waals surface area contributed by atoms with Crippen molar-refractivity contribution >= 4 is 44.4 Å². The maximum atomic E-state index is 13.2. The van der Waals surface area contributed by atoms with Gasteiger partial charge in [-0.2, -0.15) is 0 Å². The van der Waals surface area contributed by atoms with E-state index in [-0.39, 0.29) is 5.91 Å². The average Bonchev–Trinajstić information content (AvgIpc) is 3.20. The van der Waals surface area contributed by atoms with Gasteiger partial charge < -0.3 is 4.74 Å². The fourth-order valence-corrected chi connectivity index (χ4v) is 4.84. The Labute approximate surface area is 184 Å². The van der Waals surface area contributed by atoms with Crippen molar-refractivity contribution in [2.24, 2.45) is 0 Å². The van der Waals surface area contributed by atoms with E-state index in [1.807, 2.05) is 85.8 Å². The highest BCUT2D eigenvalue weighted by Gasteiger charge is 2.20. The smallest absolute Gasteiger partial charge is 0.239 e. The van der Waals surface area contributed by atoms with Crippen LogP contribution in [0, 0.1) is 0 Å². The first-order chi connectivity index (χ1) is 14.7. The molecule has 1 heterocycles. The Morgan fingerprint density at radius 2 is 1.77 bits per heavy atom. The lowest BCUT2D eigenvalue weighted by molar-refractivity contribution is -0.116. The SMILES string of the molecule is CCOc1ccc2nc(N(Cc3ccccc3)C(=O)CSc3ccccc3)sc2c1. The van der Waals surface area contributed by atoms with Crippen LogP contribution in [0.15, 0.2) is 83.8 Å². The van der Waals surface area contributed by atoms with E-state index in [9.17, 15) is 4.79 Å². The van der Waals surface area contributed by atoms with Gasteiger partial charge in [-0.15, -0.1) is 11.8 Å². The molecule has 0 aliphatic rings. The predicted molar refractivity (Wildman–Crippen MR) is 126 cm³/mol. The van der Waals surface area contributed by atoms with Crippen molar-refractivity contribution in [3.63, 3.8) is 0 Å². The van der Waals surface area contributed by atoms with E-state index < -0.39 is 0 Å². The molecule has 3 aromatic carbocycles. The predicted octanol–water partition coefficient (Wildman–Crippen LogP) is 6.02. The third-order valence-corrected chi connectivity index (χ3v) is 6.52. The molecule has 0 fully saturated rings. The van der Waals surface area contributed by atoms with E-state index in [1.165, 1.54) is 11.3 Å². The van der Waals surface area contributed by atoms with Crippen molar-refractivity contribution in [3.8, 4) is 5.75 Å². The second kappa shape index (κ2) is 9.78. The Bertz CT molecular complexity index is 1110. The number of ether oxygens (including phenoxy) is 1. The molecule has 1 aromatic heterocycles. The molecule has 30 heavy (non-hydrogen) atoms. The molecule has 0 radical (unpaired) electrons. The number of thioether (sulfide) groups is 1. The van der Waals surface area contributed by atoms with E-state index in [0.29, 0.717) is 24.0 Å². The lowest BCUT2D eigenvalue weighted by atomic mass is 10.2. The largest absolute Gasteiger partial charge is 0.494 e. The molecule has 0 saturated carbocycles. The molecule has 4 rings (SSSR count). The number of amides is 1. The molecule has 0 unspecified atom stereocenters. The van der Waals surface area contributed by atoms with Crippen molar-refractivity contribution in [2.75, 3.05) is 17.3 Å². The zero-order chi connectivity index (χ0) is 20.8. The average molecular weight is 435 g/mol. The molecule has 152 valence electrons. The van der Waals surface area contributed by atoms with Crippen LogP contribution in [0.3, 0.4) is 0 Å². The van der Waals surface area contributed by atoms with Crippen LogP contribution in [-0.2, 0) is 11.3 Å². The minimum absolute atomic E-state index is 0.0387. The molecular formula is C24H22N2O2S2. The lowest BCUT2D eigenvalue weighted by Crippen LogP contribution is -2.31. The van der Waals surface area contributed by atoms with E-state index >= 15 is 0 Å². The van der Waals surface area contributed by atoms with Crippen LogP contribution in [0.4, 0.5) is 5.13 Å². The monoisotopic (exact) mass is 434 g/mol. The van der Waals surface area contributed by atoms with Gasteiger partial charge in [0, 0.05) is 4.90 Å². The third kappa shape index (κ3) is 5.01. The number of hydrogen-bond acceptors (Lipinski definition) is 5. The molecule has 0 spiro atoms. The standard InChI is InChI=1S/C24H22N2O2S2/c1-2-28-19-13-14-21-22(15-19)30-24(25-21)26(16-18-9-5-3-6-10-18)23(27)17-29-20-11-7-4-8-12-20/h3-15H,2,16-17H2,1H3. The summed E-state index contributed by atoms with van der Waals surface area (Å²) < 4.78 is 6.62. The first-order valence-electron chi connectivity index (χ1n) is 9.78. The number of benzene rings is 3. The van der Waals surface area contributed by atoms with Crippen molar-refractivity contribution < 1.29 is 9.53 Å². The number of carbonyl (C=O) groups excluding carboxylic acids is 1. The summed E-state index contributed by atoms with van der Waals surface area (Å²) in [6.07, 6.45) is 0. The summed E-state index contributed by atoms with van der Waals surface area (Å²) in [5.41, 5.74) is 1.95. The zero-order valence-corrected chi connectivity index (χ0v) is 18.3. The molecule has 0 aliphatic carbocycles. The van der Waals surface area contributed by atoms with Crippen molar-refractivity contribution in [2.45, 2.75) is 18.4 Å². The van der Waals surface area contributed by atoms with E-state index in [2.05, 4.69) is 0 Å². The number of rotatable bonds is 8. The molecule has 4 aromatic rings. The summed E-state index contributed by atoms with van der Waals surface area (Å²) in [4.78, 5) is 20.8. The van der Waals surface area contributed by atoms with Gasteiger partial charge in [-0.3, -0.25) is 9.69 Å². The fourth-order valence-electron chi connectivity index (χ4n) is 3.03. The van der Waals surface area contributed by atoms with Gasteiger partial charge in [0.05, 0.1) is 29.1 Å². The number of nitrogens with zero attached hydrogens (tertiary/aromatic N) is 2. The molecule has 0 N–H and O–H groups in total. The minimum Gasteiger partial charge on any atom is -0.494 e. The maximum absolute atomic E-state index is 13.2. The van der Waals surface area contributed by atoms with E-state index in [1.54, 1.807) is 16.7 Å². The summed E-state index contributed by atoms with van der Waals surface area (Å²) in [7, 11) is 0. The third-order valence-electron chi connectivity index (χ3n) is 4.48. The van der Waals surface area contributed by atoms with Gasteiger partial charge in [-0.25, -0.2) is 4.98 Å². The van der Waals surface area contributed by atoms with Crippen LogP contribution in [0.5, 0.6) is 5.75 Å². The molecule has 1 amide bonds. The molecule has 0 bridgehead atoms. The van der Waals surface area contributed by atoms with Crippen LogP contribution >= 0.6 is 23.1 Å². The summed E-state index contributed by atoms with van der Waals surface area (Å²) in [5, 5.41) is 0.709. The van der Waals surface area contributed by atoms with Crippen molar-refractivity contribution in [3.05, 3.63) is 84.4 Å². The summed E-state index contributed by atoms with van der Waals surface area (Å²) in [6, 6.07) is 25.9. The summed E-state index contributed by atoms with van der Waals surface area (Å²) in [5.74, 6) is 1.22. The van der Waals surface area contributed by atoms with Gasteiger partial charge in [0.1, 0.15) is 5.75 Å². The zero-order valence-electron chi connectivity index (χ0n) is 16.7. The van der Waals surface area contributed by atoms with E-state index in [0.717, 1.165) is 26.4 Å². The van der Waals surface area contributed by atoms with Gasteiger partial charge in [0.2, 0.25) is 5.91 Å². The highest BCUT2D eigenvalue weighted by molar-refractivity contribution is 8.00. The molecule has 0 atom stereocenters. The molecule has 0 aliphatic heterocycles. The Morgan fingerprint density at radius 1 is 1.03 bits per heavy atom. The normalized spacial score (nSPS) is 10.8. The molecular weight excluding hydrogens is 412 g/mol. The number of hydrogen-bond donors (Lipinski definition) is 0. The highest BCUT2D eigenvalue weighted by atomic mass is 32.2. The molecule has 6 heteroatoms.